The van der Waals surface area contributed by atoms with Crippen molar-refractivity contribution in [3.63, 3.8) is 0 Å². The number of hydrogen-bond acceptors (Lipinski definition) is 4. The molecular formula is C18H20N2O4. The minimum Gasteiger partial charge on any atom is -0.490 e. The Morgan fingerprint density at radius 2 is 1.88 bits per heavy atom. The lowest BCUT2D eigenvalue weighted by atomic mass is 10.1. The van der Waals surface area contributed by atoms with Crippen molar-refractivity contribution in [1.82, 2.24) is 10.2 Å². The van der Waals surface area contributed by atoms with E-state index in [-0.39, 0.29) is 19.1 Å². The molecule has 1 atom stereocenters. The highest BCUT2D eigenvalue weighted by Crippen LogP contribution is 2.25. The van der Waals surface area contributed by atoms with Gasteiger partial charge in [-0.25, -0.2) is 4.79 Å². The summed E-state index contributed by atoms with van der Waals surface area (Å²) in [6.07, 6.45) is -0.965. The predicted molar refractivity (Wildman–Crippen MR) is 89.8 cm³/mol. The van der Waals surface area contributed by atoms with Crippen LogP contribution in [0.15, 0.2) is 42.5 Å². The summed E-state index contributed by atoms with van der Waals surface area (Å²) in [6, 6.07) is 13.0. The summed E-state index contributed by atoms with van der Waals surface area (Å²) < 4.78 is 5.69. The Hall–Kier alpha value is -2.60. The molecule has 0 aliphatic carbocycles. The summed E-state index contributed by atoms with van der Waals surface area (Å²) >= 11 is 0. The number of fused-ring (bicyclic) bond motifs is 1. The lowest BCUT2D eigenvalue weighted by Gasteiger charge is -2.19. The fraction of sp³-hybridized carbons (Fsp3) is 0.333. The van der Waals surface area contributed by atoms with Crippen LogP contribution in [0.4, 0.5) is 4.79 Å². The van der Waals surface area contributed by atoms with Crippen molar-refractivity contribution < 1.29 is 19.4 Å². The fourth-order valence-electron chi connectivity index (χ4n) is 2.75. The molecule has 3 rings (SSSR count). The highest BCUT2D eigenvalue weighted by atomic mass is 16.5. The lowest BCUT2D eigenvalue weighted by Crippen LogP contribution is -2.42. The summed E-state index contributed by atoms with van der Waals surface area (Å²) in [7, 11) is 0. The Morgan fingerprint density at radius 1 is 1.17 bits per heavy atom. The van der Waals surface area contributed by atoms with Crippen molar-refractivity contribution in [3.8, 4) is 5.75 Å². The third-order valence-electron chi connectivity index (χ3n) is 4.02. The molecule has 0 saturated carbocycles. The molecule has 6 heteroatoms. The number of carbonyl (C=O) groups is 2. The van der Waals surface area contributed by atoms with Crippen LogP contribution >= 0.6 is 0 Å². The monoisotopic (exact) mass is 328 g/mol. The maximum atomic E-state index is 12.1. The predicted octanol–water partition coefficient (Wildman–Crippen LogP) is 1.91. The number of aliphatic hydroxyl groups is 1. The first-order chi connectivity index (χ1) is 11.4. The largest absolute Gasteiger partial charge is 0.490 e. The number of benzene rings is 2. The van der Waals surface area contributed by atoms with Crippen molar-refractivity contribution in [2.24, 2.45) is 0 Å². The number of imide groups is 1. The maximum absolute atomic E-state index is 12.1. The topological polar surface area (TPSA) is 78.9 Å². The zero-order valence-corrected chi connectivity index (χ0v) is 13.7. The van der Waals surface area contributed by atoms with Gasteiger partial charge in [-0.3, -0.25) is 9.69 Å². The van der Waals surface area contributed by atoms with Crippen molar-refractivity contribution >= 4 is 22.7 Å². The van der Waals surface area contributed by atoms with Gasteiger partial charge in [-0.15, -0.1) is 0 Å². The summed E-state index contributed by atoms with van der Waals surface area (Å²) in [6.45, 7) is 3.16. The van der Waals surface area contributed by atoms with E-state index in [2.05, 4.69) is 5.32 Å². The third-order valence-corrected chi connectivity index (χ3v) is 4.02. The SMILES string of the molecule is CC1(C)NC(=O)N(CC(O)COc2cccc3ccccc23)C1=O. The molecule has 1 aliphatic rings. The molecular weight excluding hydrogens is 308 g/mol. The number of rotatable bonds is 5. The molecule has 24 heavy (non-hydrogen) atoms. The number of hydrogen-bond donors (Lipinski definition) is 2. The fourth-order valence-corrected chi connectivity index (χ4v) is 2.75. The van der Waals surface area contributed by atoms with E-state index in [4.69, 9.17) is 4.74 Å². The van der Waals surface area contributed by atoms with Gasteiger partial charge in [0.25, 0.3) is 5.91 Å². The van der Waals surface area contributed by atoms with Gasteiger partial charge in [0.2, 0.25) is 0 Å². The molecule has 0 radical (unpaired) electrons. The summed E-state index contributed by atoms with van der Waals surface area (Å²) in [5, 5.41) is 14.7. The molecule has 0 aromatic heterocycles. The van der Waals surface area contributed by atoms with Crippen LogP contribution in [0.2, 0.25) is 0 Å². The zero-order chi connectivity index (χ0) is 17.3. The summed E-state index contributed by atoms with van der Waals surface area (Å²) in [4.78, 5) is 25.0. The van der Waals surface area contributed by atoms with Crippen LogP contribution in [0.1, 0.15) is 13.8 Å². The first-order valence-electron chi connectivity index (χ1n) is 7.81. The normalized spacial score (nSPS) is 17.9. The van der Waals surface area contributed by atoms with E-state index >= 15 is 0 Å². The van der Waals surface area contributed by atoms with Crippen LogP contribution in [-0.4, -0.2) is 46.7 Å². The second-order valence-electron chi connectivity index (χ2n) is 6.41. The van der Waals surface area contributed by atoms with Crippen LogP contribution in [0.25, 0.3) is 10.8 Å². The molecule has 2 aromatic carbocycles. The summed E-state index contributed by atoms with van der Waals surface area (Å²) in [5.41, 5.74) is -0.937. The van der Waals surface area contributed by atoms with E-state index in [0.29, 0.717) is 5.75 Å². The van der Waals surface area contributed by atoms with Crippen LogP contribution in [0, 0.1) is 0 Å². The Balaban J connectivity index is 1.65. The third kappa shape index (κ3) is 3.05. The highest BCUT2D eigenvalue weighted by Gasteiger charge is 2.44. The minimum absolute atomic E-state index is 0.00844. The number of aliphatic hydroxyl groups excluding tert-OH is 1. The van der Waals surface area contributed by atoms with E-state index < -0.39 is 17.7 Å². The standard InChI is InChI=1S/C18H20N2O4/c1-18(2)16(22)20(17(23)19-18)10-13(21)11-24-15-9-5-7-12-6-3-4-8-14(12)15/h3-9,13,21H,10-11H2,1-2H3,(H,19,23). The first kappa shape index (κ1) is 16.3. The van der Waals surface area contributed by atoms with Gasteiger partial charge in [-0.1, -0.05) is 36.4 Å². The molecule has 2 aromatic rings. The van der Waals surface area contributed by atoms with Crippen LogP contribution in [0.5, 0.6) is 5.75 Å². The molecule has 1 heterocycles. The quantitative estimate of drug-likeness (QED) is 0.822. The number of amides is 3. The number of nitrogens with one attached hydrogen (secondary N) is 1. The van der Waals surface area contributed by atoms with Gasteiger partial charge < -0.3 is 15.2 Å². The molecule has 1 aliphatic heterocycles. The Morgan fingerprint density at radius 3 is 2.58 bits per heavy atom. The number of ether oxygens (including phenoxy) is 1. The van der Waals surface area contributed by atoms with Gasteiger partial charge in [0.1, 0.15) is 24.0 Å². The van der Waals surface area contributed by atoms with Crippen molar-refractivity contribution in [3.05, 3.63) is 42.5 Å². The highest BCUT2D eigenvalue weighted by molar-refractivity contribution is 6.06. The van der Waals surface area contributed by atoms with Crippen LogP contribution in [-0.2, 0) is 4.79 Å². The molecule has 0 spiro atoms. The van der Waals surface area contributed by atoms with Crippen LogP contribution in [0.3, 0.4) is 0 Å². The average molecular weight is 328 g/mol. The molecule has 0 bridgehead atoms. The van der Waals surface area contributed by atoms with E-state index in [9.17, 15) is 14.7 Å². The second-order valence-corrected chi connectivity index (χ2v) is 6.41. The Labute approximate surface area is 140 Å². The van der Waals surface area contributed by atoms with Gasteiger partial charge in [0.05, 0.1) is 6.54 Å². The van der Waals surface area contributed by atoms with Gasteiger partial charge in [-0.05, 0) is 25.3 Å². The first-order valence-corrected chi connectivity index (χ1v) is 7.81. The van der Waals surface area contributed by atoms with Gasteiger partial charge in [0, 0.05) is 5.39 Å². The van der Waals surface area contributed by atoms with Crippen LogP contribution < -0.4 is 10.1 Å². The minimum atomic E-state index is -0.965. The Kier molecular flexibility index (Phi) is 4.15. The van der Waals surface area contributed by atoms with Gasteiger partial charge in [-0.2, -0.15) is 0 Å². The maximum Gasteiger partial charge on any atom is 0.325 e. The number of urea groups is 1. The smallest absolute Gasteiger partial charge is 0.325 e. The molecule has 126 valence electrons. The molecule has 2 N–H and O–H groups in total. The zero-order valence-electron chi connectivity index (χ0n) is 13.7. The number of nitrogens with zero attached hydrogens (tertiary/aromatic N) is 1. The van der Waals surface area contributed by atoms with Crippen molar-refractivity contribution in [2.75, 3.05) is 13.2 Å². The lowest BCUT2D eigenvalue weighted by molar-refractivity contribution is -0.131. The Bertz CT molecular complexity index is 782. The van der Waals surface area contributed by atoms with E-state index in [1.54, 1.807) is 13.8 Å². The molecule has 1 unspecified atom stereocenters. The molecule has 1 fully saturated rings. The van der Waals surface area contributed by atoms with Gasteiger partial charge in [0.15, 0.2) is 0 Å². The molecule has 3 amide bonds. The van der Waals surface area contributed by atoms with E-state index in [0.717, 1.165) is 15.7 Å². The van der Waals surface area contributed by atoms with Crippen molar-refractivity contribution in [1.29, 1.82) is 0 Å². The van der Waals surface area contributed by atoms with E-state index in [1.165, 1.54) is 0 Å². The van der Waals surface area contributed by atoms with E-state index in [1.807, 2.05) is 42.5 Å². The molecule has 1 saturated heterocycles. The summed E-state index contributed by atoms with van der Waals surface area (Å²) in [5.74, 6) is 0.307. The molecule has 6 nitrogen and oxygen atoms in total. The number of β-amino-alcohol motifs (C(OH)–C–C–N with tert-alkyl or cyclic N) is 1. The second kappa shape index (κ2) is 6.13. The van der Waals surface area contributed by atoms with Gasteiger partial charge >= 0.3 is 6.03 Å². The van der Waals surface area contributed by atoms with Crippen molar-refractivity contribution in [2.45, 2.75) is 25.5 Å². The average Bonchev–Trinajstić information content (AvgIpc) is 2.74. The number of carbonyl (C=O) groups excluding carboxylic acids is 2.